The largest absolute Gasteiger partial charge is 0.384 e. The van der Waals surface area contributed by atoms with Crippen LogP contribution >= 0.6 is 73.7 Å². The third-order valence-corrected chi connectivity index (χ3v) is 26.2. The number of anilines is 7. The number of ether oxygens (including phenoxy) is 6. The summed E-state index contributed by atoms with van der Waals surface area (Å²) in [7, 11) is 0. The summed E-state index contributed by atoms with van der Waals surface area (Å²) in [4.78, 5) is 23.2. The lowest BCUT2D eigenvalue weighted by molar-refractivity contribution is -0.0384. The molecule has 0 radical (unpaired) electrons. The average molecular weight is 1720 g/mol. The number of H-pyrrole nitrogens is 2. The predicted octanol–water partition coefficient (Wildman–Crippen LogP) is 18.7. The summed E-state index contributed by atoms with van der Waals surface area (Å²) in [5.74, 6) is 5.56. The van der Waals surface area contributed by atoms with Crippen LogP contribution in [0.3, 0.4) is 0 Å². The van der Waals surface area contributed by atoms with Crippen LogP contribution in [0, 0.1) is 23.7 Å². The first-order valence-corrected chi connectivity index (χ1v) is 44.0. The zero-order chi connectivity index (χ0) is 78.3. The Hall–Kier alpha value is -7.63. The molecule has 0 aliphatic carbocycles. The Morgan fingerprint density at radius 3 is 1.18 bits per heavy atom. The van der Waals surface area contributed by atoms with Crippen LogP contribution in [0.15, 0.2) is 102 Å². The lowest BCUT2D eigenvalue weighted by Gasteiger charge is -2.24. The molecule has 0 bridgehead atoms. The maximum atomic E-state index is 6.02. The molecule has 12 aromatic heterocycles. The first kappa shape index (κ1) is 84.3. The molecular weight excluding hydrogens is 1600 g/mol. The highest BCUT2D eigenvalue weighted by Gasteiger charge is 2.27. The topological polar surface area (TPSA) is 338 Å². The molecule has 18 heterocycles. The Balaban J connectivity index is 0.000000129. The molecule has 32 heteroatoms. The molecular formula is C82H110BrClN20O6S4. The van der Waals surface area contributed by atoms with Crippen molar-refractivity contribution in [2.75, 3.05) is 130 Å². The Labute approximate surface area is 697 Å². The van der Waals surface area contributed by atoms with Crippen LogP contribution in [0.25, 0.3) is 83.2 Å². The van der Waals surface area contributed by atoms with Crippen LogP contribution in [0.2, 0.25) is 0 Å². The van der Waals surface area contributed by atoms with Crippen LogP contribution in [0.4, 0.5) is 40.3 Å². The molecule has 612 valence electrons. The van der Waals surface area contributed by atoms with E-state index in [2.05, 4.69) is 173 Å². The van der Waals surface area contributed by atoms with E-state index in [1.807, 2.05) is 46.0 Å². The molecule has 0 amide bonds. The number of rotatable bonds is 18. The number of hydrogen-bond acceptors (Lipinski definition) is 26. The van der Waals surface area contributed by atoms with Crippen molar-refractivity contribution in [1.82, 2.24) is 59.9 Å². The predicted molar refractivity (Wildman–Crippen MR) is 473 cm³/mol. The van der Waals surface area contributed by atoms with E-state index >= 15 is 0 Å². The number of hydrogen-bond donors (Lipinski definition) is 10. The number of nitrogens with zero attached hydrogens (tertiary/aromatic N) is 10. The van der Waals surface area contributed by atoms with Crippen molar-refractivity contribution >= 4 is 155 Å². The Kier molecular flexibility index (Phi) is 29.6. The van der Waals surface area contributed by atoms with E-state index in [9.17, 15) is 0 Å². The molecule has 6 fully saturated rings. The van der Waals surface area contributed by atoms with E-state index in [1.54, 1.807) is 57.7 Å². The van der Waals surface area contributed by atoms with Crippen molar-refractivity contribution < 1.29 is 28.4 Å². The zero-order valence-corrected chi connectivity index (χ0v) is 71.7. The standard InChI is InChI=1S/C25H35N5O2S.C19H23BrN4OS.2C16H19N5OS.C6H13NO.ClH/c1-25(2,3)29-22-15-18(26-16-17-8-12-31-13-9-17)24-19(28-22)14-21(33-24)20-7-10-27-30(20)23-6-4-5-11-32-23;1-19(2,3)23-16-10-12(20)18-13(22-16)11-15(26-18)14-7-8-21-24(14)17-6-4-5-9-25-17;2*17-15-8-12(18-9-10-2-5-22-6-3-10)16-13(20-15)7-14(23-16)11-1-4-19-21-11;7-5-6-1-3-8-4-2-6;/h7,10,14-15,17,23H,4-6,8-9,11-13,16H2,1-3H3,(H2,26,28,29);7-8,10-11,17H,4-6,9H2,1-3H3,(H,22,23);2*1,4,7-8,10H,2-3,5-6,9H2,(H,19,21)(H3,17,18,20);6H,1-5,7H2;1H. The molecule has 0 spiro atoms. The molecule has 26 nitrogen and oxygen atoms in total. The fourth-order valence-electron chi connectivity index (χ4n) is 14.6. The summed E-state index contributed by atoms with van der Waals surface area (Å²) in [6.07, 6.45) is 23.0. The number of nitrogens with two attached hydrogens (primary N) is 3. The molecule has 6 aliphatic rings. The van der Waals surface area contributed by atoms with Gasteiger partial charge in [-0.3, -0.25) is 10.2 Å². The fourth-order valence-corrected chi connectivity index (χ4v) is 19.5. The first-order valence-electron chi connectivity index (χ1n) is 39.9. The molecule has 114 heavy (non-hydrogen) atoms. The van der Waals surface area contributed by atoms with E-state index < -0.39 is 0 Å². The van der Waals surface area contributed by atoms with Gasteiger partial charge < -0.3 is 72.2 Å². The number of pyridine rings is 4. The fraction of sp³-hybridized carbons (Fsp3) is 0.512. The van der Waals surface area contributed by atoms with Gasteiger partial charge in [-0.05, 0) is 232 Å². The number of fused-ring (bicyclic) bond motifs is 4. The van der Waals surface area contributed by atoms with E-state index in [4.69, 9.17) is 55.6 Å². The number of thiophene rings is 4. The van der Waals surface area contributed by atoms with Crippen LogP contribution < -0.4 is 43.8 Å². The Morgan fingerprint density at radius 2 is 0.807 bits per heavy atom. The van der Waals surface area contributed by atoms with Gasteiger partial charge in [-0.1, -0.05) is 0 Å². The smallest absolute Gasteiger partial charge is 0.150 e. The van der Waals surface area contributed by atoms with Crippen molar-refractivity contribution in [2.24, 2.45) is 29.4 Å². The number of nitrogens with one attached hydrogen (secondary N) is 7. The number of aromatic nitrogens is 12. The molecule has 6 saturated heterocycles. The van der Waals surface area contributed by atoms with Crippen molar-refractivity contribution in [3.05, 3.63) is 102 Å². The lowest BCUT2D eigenvalue weighted by Crippen LogP contribution is -2.27. The van der Waals surface area contributed by atoms with Crippen LogP contribution in [-0.4, -0.2) is 163 Å². The summed E-state index contributed by atoms with van der Waals surface area (Å²) >= 11 is 10.6. The number of aromatic amines is 2. The number of nitrogen functional groups attached to an aromatic ring is 2. The van der Waals surface area contributed by atoms with E-state index in [-0.39, 0.29) is 35.9 Å². The van der Waals surface area contributed by atoms with Gasteiger partial charge >= 0.3 is 0 Å². The molecule has 2 unspecified atom stereocenters. The zero-order valence-electron chi connectivity index (χ0n) is 66.1. The summed E-state index contributed by atoms with van der Waals surface area (Å²) in [6, 6.07) is 24.6. The van der Waals surface area contributed by atoms with Crippen LogP contribution in [0.1, 0.15) is 144 Å². The first-order chi connectivity index (χ1) is 54.9. The third-order valence-electron chi connectivity index (χ3n) is 20.6. The quantitative estimate of drug-likeness (QED) is 0.0381. The van der Waals surface area contributed by atoms with Crippen LogP contribution in [-0.2, 0) is 28.4 Å². The molecule has 18 rings (SSSR count). The molecule has 2 atom stereocenters. The highest BCUT2D eigenvalue weighted by molar-refractivity contribution is 9.10. The molecule has 0 aromatic carbocycles. The van der Waals surface area contributed by atoms with Gasteiger partial charge in [0.25, 0.3) is 0 Å². The van der Waals surface area contributed by atoms with Gasteiger partial charge in [0, 0.05) is 144 Å². The normalized spacial score (nSPS) is 18.2. The third kappa shape index (κ3) is 22.8. The highest BCUT2D eigenvalue weighted by atomic mass is 79.9. The Morgan fingerprint density at radius 1 is 0.439 bits per heavy atom. The van der Waals surface area contributed by atoms with Gasteiger partial charge in [-0.2, -0.15) is 20.4 Å². The van der Waals surface area contributed by atoms with Gasteiger partial charge in [-0.25, -0.2) is 29.3 Å². The minimum absolute atomic E-state index is 0. The molecule has 6 aliphatic heterocycles. The summed E-state index contributed by atoms with van der Waals surface area (Å²) < 4.78 is 43.2. The van der Waals surface area contributed by atoms with E-state index in [0.717, 1.165) is 282 Å². The maximum Gasteiger partial charge on any atom is 0.150 e. The molecule has 13 N–H and O–H groups in total. The SMILES string of the molecule is CC(C)(C)Nc1cc(Br)c2sc(-c3ccnn3C3CCCCO3)cc2n1.CC(C)(C)Nc1cc(NCC2CCOCC2)c2sc(-c3ccnn3C3CCCCO3)cc2n1.Cl.NCC1CCOCC1.Nc1cc(NCC2CCOCC2)c2sc(-c3ccn[nH]3)cc2n1.Nc1cc(NCC2CCOCC2)c2sc(-c3ccn[nH]3)cc2n1. The van der Waals surface area contributed by atoms with Crippen LogP contribution in [0.5, 0.6) is 0 Å². The Bertz CT molecular complexity index is 4820. The molecule has 0 saturated carbocycles. The van der Waals surface area contributed by atoms with Gasteiger partial charge in [-0.15, -0.1) is 57.8 Å². The minimum atomic E-state index is -0.0611. The minimum Gasteiger partial charge on any atom is -0.384 e. The van der Waals surface area contributed by atoms with Gasteiger partial charge in [0.2, 0.25) is 0 Å². The van der Waals surface area contributed by atoms with Crippen molar-refractivity contribution in [3.8, 4) is 42.3 Å². The van der Waals surface area contributed by atoms with Crippen molar-refractivity contribution in [2.45, 2.75) is 155 Å². The second-order valence-electron chi connectivity index (χ2n) is 31.8. The highest BCUT2D eigenvalue weighted by Crippen LogP contribution is 2.44. The summed E-state index contributed by atoms with van der Waals surface area (Å²) in [6.45, 7) is 25.2. The van der Waals surface area contributed by atoms with Gasteiger partial charge in [0.15, 0.2) is 12.5 Å². The maximum absolute atomic E-state index is 6.02. The monoisotopic (exact) mass is 1710 g/mol. The van der Waals surface area contributed by atoms with E-state index in [1.165, 1.54) is 22.4 Å². The second kappa shape index (κ2) is 40.0. The van der Waals surface area contributed by atoms with Crippen molar-refractivity contribution in [3.63, 3.8) is 0 Å². The van der Waals surface area contributed by atoms with Crippen molar-refractivity contribution in [1.29, 1.82) is 0 Å². The summed E-state index contributed by atoms with van der Waals surface area (Å²) in [5.41, 5.74) is 28.6. The van der Waals surface area contributed by atoms with E-state index in [0.29, 0.717) is 29.4 Å². The second-order valence-corrected chi connectivity index (χ2v) is 36.9. The lowest BCUT2D eigenvalue weighted by atomic mass is 10.0. The summed E-state index contributed by atoms with van der Waals surface area (Å²) in [5, 5.41) is 41.0. The van der Waals surface area contributed by atoms with Gasteiger partial charge in [0.1, 0.15) is 23.3 Å². The molecule has 12 aromatic rings. The van der Waals surface area contributed by atoms with Gasteiger partial charge in [0.05, 0.1) is 100 Å². The number of halogens is 2. The average Bonchev–Trinajstić information content (AvgIpc) is 1.65.